The fourth-order valence-corrected chi connectivity index (χ4v) is 7.52. The minimum Gasteiger partial charge on any atom is -0.495 e. The molecule has 0 fully saturated rings. The summed E-state index contributed by atoms with van der Waals surface area (Å²) in [5.74, 6) is -2.51. The molecule has 0 aliphatic heterocycles. The van der Waals surface area contributed by atoms with Gasteiger partial charge in [0, 0.05) is 24.8 Å². The van der Waals surface area contributed by atoms with E-state index in [9.17, 15) is 34.2 Å². The number of carbonyl (C=O) groups excluding carboxylic acids is 3. The maximum Gasteiger partial charge on any atom is 0.337 e. The number of nitrogens with one attached hydrogen (secondary N) is 5. The van der Waals surface area contributed by atoms with E-state index in [1.165, 1.54) is 13.2 Å². The third kappa shape index (κ3) is 13.8. The van der Waals surface area contributed by atoms with Crippen LogP contribution in [0.5, 0.6) is 11.5 Å². The molecule has 69 heavy (non-hydrogen) atoms. The Morgan fingerprint density at radius 2 is 1.28 bits per heavy atom. The van der Waals surface area contributed by atoms with Crippen molar-refractivity contribution in [2.24, 2.45) is 5.73 Å². The van der Waals surface area contributed by atoms with Crippen LogP contribution in [0.15, 0.2) is 121 Å². The number of para-hydroxylation sites is 3. The first-order valence-electron chi connectivity index (χ1n) is 22.3. The van der Waals surface area contributed by atoms with Crippen molar-refractivity contribution in [2.75, 3.05) is 70.9 Å². The Balaban J connectivity index is 0.941. The molecular weight excluding hydrogens is 887 g/mol. The second kappa shape index (κ2) is 25.3. The van der Waals surface area contributed by atoms with Crippen LogP contribution in [0, 0.1) is 0 Å². The molecule has 0 radical (unpaired) electrons. The summed E-state index contributed by atoms with van der Waals surface area (Å²) in [5.41, 5.74) is 10.7. The van der Waals surface area contributed by atoms with Crippen LogP contribution >= 0.6 is 0 Å². The number of carboxylic acids is 2. The number of benzene rings is 5. The third-order valence-electron chi connectivity index (χ3n) is 11.1. The topological polar surface area (TPSA) is 254 Å². The predicted octanol–water partition coefficient (Wildman–Crippen LogP) is 6.33. The number of hydrogen-bond acceptors (Lipinski definition) is 12. The van der Waals surface area contributed by atoms with Crippen molar-refractivity contribution in [3.63, 3.8) is 0 Å². The predicted molar refractivity (Wildman–Crippen MR) is 262 cm³/mol. The van der Waals surface area contributed by atoms with Crippen LogP contribution in [-0.4, -0.2) is 111 Å². The lowest BCUT2D eigenvalue weighted by atomic mass is 10.0. The highest BCUT2D eigenvalue weighted by Gasteiger charge is 2.26. The van der Waals surface area contributed by atoms with Gasteiger partial charge < -0.3 is 66.0 Å². The van der Waals surface area contributed by atoms with Crippen LogP contribution < -0.4 is 41.8 Å². The van der Waals surface area contributed by atoms with E-state index in [0.717, 1.165) is 22.0 Å². The van der Waals surface area contributed by atoms with Crippen molar-refractivity contribution in [3.05, 3.63) is 133 Å². The average molecular weight is 944 g/mol. The van der Waals surface area contributed by atoms with E-state index < -0.39 is 35.8 Å². The number of aromatic nitrogens is 1. The van der Waals surface area contributed by atoms with Crippen LogP contribution in [0.4, 0.5) is 22.7 Å². The molecule has 6 rings (SSSR count). The smallest absolute Gasteiger partial charge is 0.337 e. The number of ether oxygens (including phenoxy) is 4. The molecule has 3 amide bonds. The molecule has 18 nitrogen and oxygen atoms in total. The number of anilines is 4. The summed E-state index contributed by atoms with van der Waals surface area (Å²) in [6, 6.07) is 32.0. The molecule has 0 spiro atoms. The van der Waals surface area contributed by atoms with Gasteiger partial charge in [-0.15, -0.1) is 0 Å². The van der Waals surface area contributed by atoms with Gasteiger partial charge in [-0.25, -0.2) is 9.59 Å². The molecule has 0 saturated carbocycles. The number of aliphatic carboxylic acids is 1. The zero-order chi connectivity index (χ0) is 49.1. The van der Waals surface area contributed by atoms with Gasteiger partial charge in [-0.05, 0) is 103 Å². The summed E-state index contributed by atoms with van der Waals surface area (Å²) in [5, 5.41) is 35.2. The fraction of sp³-hybridized carbons (Fsp3) is 0.275. The largest absolute Gasteiger partial charge is 0.495 e. The maximum atomic E-state index is 13.3. The van der Waals surface area contributed by atoms with Crippen LogP contribution in [0.25, 0.3) is 22.0 Å². The Morgan fingerprint density at radius 1 is 0.667 bits per heavy atom. The Morgan fingerprint density at radius 3 is 1.91 bits per heavy atom. The van der Waals surface area contributed by atoms with E-state index >= 15 is 0 Å². The van der Waals surface area contributed by atoms with Crippen LogP contribution in [0.2, 0.25) is 0 Å². The summed E-state index contributed by atoms with van der Waals surface area (Å²) in [6.45, 7) is 0.462. The van der Waals surface area contributed by atoms with Crippen molar-refractivity contribution in [3.8, 4) is 22.6 Å². The number of unbranched alkanes of at least 4 members (excludes halogenated alkanes) is 1. The molecule has 2 atom stereocenters. The molecule has 1 heterocycles. The average Bonchev–Trinajstić information content (AvgIpc) is 3.78. The van der Waals surface area contributed by atoms with Gasteiger partial charge in [-0.2, -0.15) is 0 Å². The molecule has 0 saturated heterocycles. The summed E-state index contributed by atoms with van der Waals surface area (Å²) >= 11 is 0. The number of carboxylic acid groups (broad SMARTS) is 2. The number of hydrogen-bond donors (Lipinski definition) is 8. The Kier molecular flexibility index (Phi) is 18.5. The lowest BCUT2D eigenvalue weighted by Gasteiger charge is -2.21. The van der Waals surface area contributed by atoms with Gasteiger partial charge >= 0.3 is 11.9 Å². The zero-order valence-electron chi connectivity index (χ0n) is 38.4. The maximum absolute atomic E-state index is 13.3. The summed E-state index contributed by atoms with van der Waals surface area (Å²) in [4.78, 5) is 63.3. The number of aromatic carboxylic acids is 1. The highest BCUT2D eigenvalue weighted by Crippen LogP contribution is 2.37. The van der Waals surface area contributed by atoms with Crippen molar-refractivity contribution in [1.29, 1.82) is 0 Å². The van der Waals surface area contributed by atoms with Gasteiger partial charge in [0.15, 0.2) is 0 Å². The van der Waals surface area contributed by atoms with Gasteiger partial charge in [0.25, 0.3) is 5.91 Å². The number of carbonyl (C=O) groups is 5. The number of amides is 3. The molecule has 362 valence electrons. The first-order chi connectivity index (χ1) is 33.5. The molecule has 9 N–H and O–H groups in total. The molecule has 0 bridgehead atoms. The molecule has 2 unspecified atom stereocenters. The second-order valence-corrected chi connectivity index (χ2v) is 15.7. The van der Waals surface area contributed by atoms with Crippen LogP contribution in [0.3, 0.4) is 0 Å². The molecular formula is C51H57N7O11. The van der Waals surface area contributed by atoms with Gasteiger partial charge in [0.2, 0.25) is 11.8 Å². The zero-order valence-corrected chi connectivity index (χ0v) is 38.4. The second-order valence-electron chi connectivity index (χ2n) is 15.7. The standard InChI is InChI=1S/C51H57N7O11/c1-66-45-29-34(35-19-21-41(46(30-35)67-2)56-39-15-7-5-13-37(39)50(62)63)18-20-40(45)55-38-14-6-4-12-36(38)48(60)53-24-26-68-27-28-69-32-47(59)57-42(16-9-10-23-52)49(61)54-31-44(51(64)65)58-25-22-33-11-3-8-17-43(33)58/h3-8,11-15,17-22,25,29-30,42,44,55-56H,9-10,16,23-24,26-28,31-32,52H2,1-2H3,(H,53,60)(H,54,61)(H,57,59)(H,62,63)(H,64,65). The quantitative estimate of drug-likeness (QED) is 0.0263. The Hall–Kier alpha value is -7.93. The van der Waals surface area contributed by atoms with Gasteiger partial charge in [-0.3, -0.25) is 14.4 Å². The molecule has 0 aliphatic rings. The van der Waals surface area contributed by atoms with E-state index in [2.05, 4.69) is 26.6 Å². The summed E-state index contributed by atoms with van der Waals surface area (Å²) in [6.07, 6.45) is 3.18. The van der Waals surface area contributed by atoms with E-state index in [1.54, 1.807) is 60.3 Å². The van der Waals surface area contributed by atoms with Gasteiger partial charge in [0.05, 0.1) is 67.9 Å². The number of nitrogens with two attached hydrogens (primary N) is 1. The van der Waals surface area contributed by atoms with Crippen LogP contribution in [0.1, 0.15) is 46.0 Å². The fourth-order valence-electron chi connectivity index (χ4n) is 7.52. The lowest BCUT2D eigenvalue weighted by molar-refractivity contribution is -0.141. The van der Waals surface area contributed by atoms with E-state index in [0.29, 0.717) is 65.6 Å². The van der Waals surface area contributed by atoms with Crippen molar-refractivity contribution < 1.29 is 53.1 Å². The summed E-state index contributed by atoms with van der Waals surface area (Å²) < 4.78 is 24.1. The SMILES string of the molecule is COc1cc(-c2ccc(Nc3ccccc3C(=O)NCCOCCOCC(=O)NC(CCCCN)C(=O)NCC(C(=O)O)n3ccc4ccccc43)c(OC)c2)ccc1Nc1ccccc1C(=O)O. The van der Waals surface area contributed by atoms with Crippen molar-refractivity contribution >= 4 is 63.3 Å². The monoisotopic (exact) mass is 943 g/mol. The number of nitrogens with zero attached hydrogens (tertiary/aromatic N) is 1. The Labute approximate surface area is 399 Å². The van der Waals surface area contributed by atoms with E-state index in [4.69, 9.17) is 24.7 Å². The minimum absolute atomic E-state index is 0.0730. The Bertz CT molecular complexity index is 2720. The van der Waals surface area contributed by atoms with Gasteiger partial charge in [-0.1, -0.05) is 54.6 Å². The van der Waals surface area contributed by atoms with E-state index in [-0.39, 0.29) is 51.0 Å². The first-order valence-corrected chi connectivity index (χ1v) is 22.3. The molecule has 5 aromatic carbocycles. The summed E-state index contributed by atoms with van der Waals surface area (Å²) in [7, 11) is 3.09. The highest BCUT2D eigenvalue weighted by atomic mass is 16.5. The van der Waals surface area contributed by atoms with Crippen LogP contribution in [-0.2, 0) is 23.9 Å². The van der Waals surface area contributed by atoms with Crippen molar-refractivity contribution in [2.45, 2.75) is 31.3 Å². The lowest BCUT2D eigenvalue weighted by Crippen LogP contribution is -2.49. The third-order valence-corrected chi connectivity index (χ3v) is 11.1. The minimum atomic E-state index is -1.11. The number of fused-ring (bicyclic) bond motifs is 1. The number of rotatable bonds is 27. The first kappa shape index (κ1) is 50.5. The molecule has 0 aliphatic carbocycles. The molecule has 1 aromatic heterocycles. The molecule has 6 aromatic rings. The normalized spacial score (nSPS) is 11.8. The van der Waals surface area contributed by atoms with Crippen molar-refractivity contribution in [1.82, 2.24) is 20.5 Å². The van der Waals surface area contributed by atoms with E-state index in [1.807, 2.05) is 66.7 Å². The highest BCUT2D eigenvalue weighted by molar-refractivity contribution is 6.00. The molecule has 18 heteroatoms. The number of methoxy groups -OCH3 is 2. The van der Waals surface area contributed by atoms with Gasteiger partial charge in [0.1, 0.15) is 30.2 Å².